The van der Waals surface area contributed by atoms with E-state index in [1.165, 1.54) is 21.3 Å². The fourth-order valence-electron chi connectivity index (χ4n) is 3.48. The summed E-state index contributed by atoms with van der Waals surface area (Å²) >= 11 is 0. The fourth-order valence-corrected chi connectivity index (χ4v) is 3.48. The van der Waals surface area contributed by atoms with Gasteiger partial charge in [0.15, 0.2) is 11.5 Å². The molecular formula is C24H23N3O4. The molecule has 0 atom stereocenters. The molecule has 2 amide bonds. The molecule has 1 aromatic heterocycles. The van der Waals surface area contributed by atoms with Gasteiger partial charge in [-0.15, -0.1) is 0 Å². The Bertz CT molecular complexity index is 1170. The van der Waals surface area contributed by atoms with Gasteiger partial charge in [-0.05, 0) is 18.2 Å². The number of nitrogens with one attached hydrogen (secondary N) is 3. The lowest BCUT2D eigenvalue weighted by Gasteiger charge is -2.15. The zero-order valence-corrected chi connectivity index (χ0v) is 17.5. The van der Waals surface area contributed by atoms with E-state index in [4.69, 9.17) is 14.2 Å². The van der Waals surface area contributed by atoms with Crippen molar-refractivity contribution in [1.82, 2.24) is 4.98 Å². The number of carbonyl (C=O) groups excluding carboxylic acids is 1. The molecule has 0 aliphatic rings. The van der Waals surface area contributed by atoms with Crippen molar-refractivity contribution in [2.75, 3.05) is 32.0 Å². The Balaban J connectivity index is 1.59. The first-order valence-electron chi connectivity index (χ1n) is 9.68. The highest BCUT2D eigenvalue weighted by Crippen LogP contribution is 2.40. The number of hydrogen-bond donors (Lipinski definition) is 3. The van der Waals surface area contributed by atoms with Gasteiger partial charge in [-0.25, -0.2) is 4.79 Å². The zero-order valence-electron chi connectivity index (χ0n) is 17.5. The molecule has 7 nitrogen and oxygen atoms in total. The van der Waals surface area contributed by atoms with Gasteiger partial charge in [0, 0.05) is 34.3 Å². The number of amides is 2. The molecule has 0 aliphatic carbocycles. The van der Waals surface area contributed by atoms with Gasteiger partial charge in [0.25, 0.3) is 0 Å². The molecule has 4 rings (SSSR count). The second-order valence-corrected chi connectivity index (χ2v) is 6.81. The highest BCUT2D eigenvalue weighted by atomic mass is 16.5. The number of para-hydroxylation sites is 2. The third kappa shape index (κ3) is 4.11. The van der Waals surface area contributed by atoms with Crippen LogP contribution >= 0.6 is 0 Å². The average Bonchev–Trinajstić information content (AvgIpc) is 3.22. The molecule has 0 fully saturated rings. The number of hydrogen-bond acceptors (Lipinski definition) is 4. The largest absolute Gasteiger partial charge is 0.493 e. The Hall–Kier alpha value is -4.13. The number of methoxy groups -OCH3 is 3. The van der Waals surface area contributed by atoms with E-state index >= 15 is 0 Å². The standard InChI is InChI=1S/C24H23N3O4/c1-29-21-13-16(14-22(30-2)23(21)31-3)25-24(28)27-19-11-7-5-9-17(19)20-12-15-8-4-6-10-18(15)26-20/h4-14,26H,1-3H3,(H2,25,27,28). The number of carbonyl (C=O) groups is 1. The van der Waals surface area contributed by atoms with Gasteiger partial charge in [0.05, 0.1) is 32.7 Å². The van der Waals surface area contributed by atoms with Gasteiger partial charge in [-0.1, -0.05) is 36.4 Å². The lowest BCUT2D eigenvalue weighted by molar-refractivity contribution is 0.262. The number of benzene rings is 3. The van der Waals surface area contributed by atoms with E-state index in [1.54, 1.807) is 12.1 Å². The van der Waals surface area contributed by atoms with Crippen LogP contribution in [-0.2, 0) is 0 Å². The maximum absolute atomic E-state index is 12.7. The molecule has 7 heteroatoms. The lowest BCUT2D eigenvalue weighted by atomic mass is 10.1. The molecule has 0 saturated heterocycles. The molecule has 3 N–H and O–H groups in total. The van der Waals surface area contributed by atoms with Crippen LogP contribution in [0.25, 0.3) is 22.2 Å². The summed E-state index contributed by atoms with van der Waals surface area (Å²) in [5.74, 6) is 1.37. The van der Waals surface area contributed by atoms with Crippen LogP contribution in [-0.4, -0.2) is 32.3 Å². The minimum absolute atomic E-state index is 0.391. The Kier molecular flexibility index (Phi) is 5.66. The minimum atomic E-state index is -0.391. The van der Waals surface area contributed by atoms with Crippen molar-refractivity contribution in [3.8, 4) is 28.5 Å². The normalized spacial score (nSPS) is 10.5. The van der Waals surface area contributed by atoms with E-state index in [-0.39, 0.29) is 0 Å². The van der Waals surface area contributed by atoms with Crippen molar-refractivity contribution < 1.29 is 19.0 Å². The summed E-state index contributed by atoms with van der Waals surface area (Å²) < 4.78 is 16.0. The maximum atomic E-state index is 12.7. The first-order chi connectivity index (χ1) is 15.1. The van der Waals surface area contributed by atoms with E-state index in [9.17, 15) is 4.79 Å². The highest BCUT2D eigenvalue weighted by Gasteiger charge is 2.15. The topological polar surface area (TPSA) is 84.6 Å². The highest BCUT2D eigenvalue weighted by molar-refractivity contribution is 6.03. The maximum Gasteiger partial charge on any atom is 0.323 e. The van der Waals surface area contributed by atoms with Crippen molar-refractivity contribution >= 4 is 28.3 Å². The fraction of sp³-hybridized carbons (Fsp3) is 0.125. The van der Waals surface area contributed by atoms with E-state index < -0.39 is 6.03 Å². The summed E-state index contributed by atoms with van der Waals surface area (Å²) in [4.78, 5) is 16.1. The van der Waals surface area contributed by atoms with Gasteiger partial charge >= 0.3 is 6.03 Å². The van der Waals surface area contributed by atoms with Gasteiger partial charge < -0.3 is 29.8 Å². The predicted octanol–water partition coefficient (Wildman–Crippen LogP) is 5.50. The van der Waals surface area contributed by atoms with Crippen molar-refractivity contribution in [3.63, 3.8) is 0 Å². The molecule has 0 spiro atoms. The number of aromatic nitrogens is 1. The van der Waals surface area contributed by atoms with Crippen LogP contribution < -0.4 is 24.8 Å². The second kappa shape index (κ2) is 8.71. The number of fused-ring (bicyclic) bond motifs is 1. The van der Waals surface area contributed by atoms with E-state index in [1.807, 2.05) is 48.5 Å². The Morgan fingerprint density at radius 3 is 2.16 bits per heavy atom. The van der Waals surface area contributed by atoms with E-state index in [0.717, 1.165) is 22.2 Å². The molecule has 0 radical (unpaired) electrons. The number of urea groups is 1. The summed E-state index contributed by atoms with van der Waals surface area (Å²) in [6.45, 7) is 0. The quantitative estimate of drug-likeness (QED) is 0.386. The number of H-pyrrole nitrogens is 1. The van der Waals surface area contributed by atoms with Crippen molar-refractivity contribution in [1.29, 1.82) is 0 Å². The van der Waals surface area contributed by atoms with Crippen LogP contribution in [0.5, 0.6) is 17.2 Å². The van der Waals surface area contributed by atoms with Crippen LogP contribution in [0.1, 0.15) is 0 Å². The van der Waals surface area contributed by atoms with Crippen molar-refractivity contribution in [2.24, 2.45) is 0 Å². The summed E-state index contributed by atoms with van der Waals surface area (Å²) in [5.41, 5.74) is 4.03. The molecule has 0 saturated carbocycles. The van der Waals surface area contributed by atoms with Gasteiger partial charge in [-0.3, -0.25) is 0 Å². The van der Waals surface area contributed by atoms with E-state index in [2.05, 4.69) is 21.7 Å². The Morgan fingerprint density at radius 1 is 0.806 bits per heavy atom. The van der Waals surface area contributed by atoms with Crippen LogP contribution in [0.4, 0.5) is 16.2 Å². The van der Waals surface area contributed by atoms with Crippen LogP contribution in [0.2, 0.25) is 0 Å². The summed E-state index contributed by atoms with van der Waals surface area (Å²) in [5, 5.41) is 6.85. The van der Waals surface area contributed by atoms with Gasteiger partial charge in [-0.2, -0.15) is 0 Å². The summed E-state index contributed by atoms with van der Waals surface area (Å²) in [7, 11) is 4.58. The second-order valence-electron chi connectivity index (χ2n) is 6.81. The SMILES string of the molecule is COc1cc(NC(=O)Nc2ccccc2-c2cc3ccccc3[nH]2)cc(OC)c1OC. The average molecular weight is 417 g/mol. The summed E-state index contributed by atoms with van der Waals surface area (Å²) in [6.07, 6.45) is 0. The van der Waals surface area contributed by atoms with Crippen molar-refractivity contribution in [2.45, 2.75) is 0 Å². The number of aromatic amines is 1. The molecule has 0 unspecified atom stereocenters. The number of rotatable bonds is 6. The van der Waals surface area contributed by atoms with Gasteiger partial charge in [0.2, 0.25) is 5.75 Å². The monoisotopic (exact) mass is 417 g/mol. The Labute approximate surface area is 179 Å². The lowest BCUT2D eigenvalue weighted by Crippen LogP contribution is -2.20. The summed E-state index contributed by atoms with van der Waals surface area (Å²) in [6, 6.07) is 20.7. The molecule has 0 aliphatic heterocycles. The van der Waals surface area contributed by atoms with Crippen LogP contribution in [0, 0.1) is 0 Å². The van der Waals surface area contributed by atoms with Crippen molar-refractivity contribution in [3.05, 3.63) is 66.7 Å². The van der Waals surface area contributed by atoms with Crippen LogP contribution in [0.15, 0.2) is 66.7 Å². The zero-order chi connectivity index (χ0) is 21.8. The molecule has 158 valence electrons. The minimum Gasteiger partial charge on any atom is -0.493 e. The molecule has 0 bridgehead atoms. The number of ether oxygens (including phenoxy) is 3. The Morgan fingerprint density at radius 2 is 1.48 bits per heavy atom. The van der Waals surface area contributed by atoms with Gasteiger partial charge in [0.1, 0.15) is 0 Å². The molecule has 4 aromatic rings. The van der Waals surface area contributed by atoms with Crippen LogP contribution in [0.3, 0.4) is 0 Å². The molecule has 1 heterocycles. The molecule has 3 aromatic carbocycles. The van der Waals surface area contributed by atoms with E-state index in [0.29, 0.717) is 28.6 Å². The molecular weight excluding hydrogens is 394 g/mol. The third-order valence-electron chi connectivity index (χ3n) is 4.92. The first kappa shape index (κ1) is 20.2. The first-order valence-corrected chi connectivity index (χ1v) is 9.68. The number of anilines is 2. The molecule has 31 heavy (non-hydrogen) atoms. The smallest absolute Gasteiger partial charge is 0.323 e. The predicted molar refractivity (Wildman–Crippen MR) is 122 cm³/mol. The third-order valence-corrected chi connectivity index (χ3v) is 4.92.